The molecule has 0 aromatic heterocycles. The second kappa shape index (κ2) is 8.44. The lowest BCUT2D eigenvalue weighted by Gasteiger charge is -2.60. The van der Waals surface area contributed by atoms with Crippen LogP contribution in [0.2, 0.25) is 0 Å². The van der Waals surface area contributed by atoms with E-state index in [0.717, 1.165) is 24.0 Å². The van der Waals surface area contributed by atoms with Crippen molar-refractivity contribution in [2.45, 2.75) is 43.9 Å². The molecule has 0 radical (unpaired) electrons. The number of benzene rings is 3. The summed E-state index contributed by atoms with van der Waals surface area (Å²) >= 11 is 0. The maximum absolute atomic E-state index is 14.0. The van der Waals surface area contributed by atoms with E-state index in [4.69, 9.17) is 4.74 Å². The van der Waals surface area contributed by atoms with Gasteiger partial charge < -0.3 is 9.84 Å². The van der Waals surface area contributed by atoms with E-state index in [0.29, 0.717) is 29.7 Å². The second-order valence-corrected chi connectivity index (χ2v) is 11.1. The van der Waals surface area contributed by atoms with E-state index >= 15 is 0 Å². The molecule has 0 aliphatic heterocycles. The molecule has 4 aliphatic rings. The van der Waals surface area contributed by atoms with Gasteiger partial charge in [-0.1, -0.05) is 78.9 Å². The summed E-state index contributed by atoms with van der Waals surface area (Å²) in [6.45, 7) is 6.24. The van der Waals surface area contributed by atoms with Crippen molar-refractivity contribution in [3.05, 3.63) is 107 Å². The smallest absolute Gasteiger partial charge is 0.310 e. The second-order valence-electron chi connectivity index (χ2n) is 11.1. The fourth-order valence-corrected chi connectivity index (χ4v) is 8.13. The number of rotatable bonds is 6. The number of carboxylic acid groups (broad SMARTS) is 1. The predicted molar refractivity (Wildman–Crippen MR) is 144 cm³/mol. The average Bonchev–Trinajstić information content (AvgIpc) is 3.37. The molecule has 0 saturated heterocycles. The van der Waals surface area contributed by atoms with Crippen LogP contribution in [0.25, 0.3) is 5.57 Å². The van der Waals surface area contributed by atoms with Gasteiger partial charge >= 0.3 is 5.97 Å². The zero-order chi connectivity index (χ0) is 25.9. The lowest BCUT2D eigenvalue weighted by Crippen LogP contribution is -2.58. The highest BCUT2D eigenvalue weighted by Crippen LogP contribution is 2.72. The molecule has 5 unspecified atom stereocenters. The molecule has 4 heteroatoms. The van der Waals surface area contributed by atoms with Crippen molar-refractivity contribution in [2.24, 2.45) is 17.3 Å². The van der Waals surface area contributed by atoms with Crippen LogP contribution in [0.5, 0.6) is 5.75 Å². The number of Topliss-reactive ketones (excluding diaryl/α,β-unsaturated/α-hetero) is 1. The van der Waals surface area contributed by atoms with E-state index in [9.17, 15) is 14.7 Å². The Balaban J connectivity index is 1.49. The third kappa shape index (κ3) is 3.14. The molecular formula is C33H32O4. The summed E-state index contributed by atoms with van der Waals surface area (Å²) < 4.78 is 5.49. The van der Waals surface area contributed by atoms with Crippen LogP contribution in [0.4, 0.5) is 0 Å². The number of carbonyl (C=O) groups is 2. The van der Waals surface area contributed by atoms with E-state index in [2.05, 4.69) is 56.0 Å². The number of methoxy groups -OCH3 is 1. The van der Waals surface area contributed by atoms with Crippen LogP contribution in [-0.4, -0.2) is 24.0 Å². The van der Waals surface area contributed by atoms with Gasteiger partial charge in [0.15, 0.2) is 5.78 Å². The van der Waals surface area contributed by atoms with Crippen molar-refractivity contribution in [2.75, 3.05) is 7.11 Å². The van der Waals surface area contributed by atoms with E-state index < -0.39 is 22.7 Å². The highest BCUT2D eigenvalue weighted by Gasteiger charge is 2.70. The molecule has 2 saturated carbocycles. The summed E-state index contributed by atoms with van der Waals surface area (Å²) in [5.41, 5.74) is 4.38. The van der Waals surface area contributed by atoms with Crippen molar-refractivity contribution in [3.8, 4) is 5.75 Å². The number of hydrogen-bond acceptors (Lipinski definition) is 3. The zero-order valence-electron chi connectivity index (χ0n) is 21.4. The lowest BCUT2D eigenvalue weighted by atomic mass is 9.42. The Hall–Kier alpha value is -3.66. The van der Waals surface area contributed by atoms with Gasteiger partial charge in [-0.25, -0.2) is 0 Å². The summed E-state index contributed by atoms with van der Waals surface area (Å²) in [4.78, 5) is 27.3. The standard InChI is InChI=1S/C33H32O4/c1-20-12-14-23(15-13-20)32-17-16-27(25-9-4-6-10-26(25)32)33(31(35)36)19-22(18-29(32)33)30(34)21(2)24-8-5-7-11-28(24)37-3/h4-15,22,27,29H,2,16-19H2,1,3H3,(H,35,36). The maximum atomic E-state index is 14.0. The lowest BCUT2D eigenvalue weighted by molar-refractivity contribution is -0.159. The third-order valence-electron chi connectivity index (χ3n) is 9.65. The number of fused-ring (bicyclic) bond motifs is 1. The maximum Gasteiger partial charge on any atom is 0.310 e. The van der Waals surface area contributed by atoms with Crippen molar-refractivity contribution >= 4 is 17.3 Å². The van der Waals surface area contributed by atoms with Crippen LogP contribution < -0.4 is 4.74 Å². The summed E-state index contributed by atoms with van der Waals surface area (Å²) in [5.74, 6) is -0.913. The van der Waals surface area contributed by atoms with Crippen molar-refractivity contribution < 1.29 is 19.4 Å². The fraction of sp³-hybridized carbons (Fsp3) is 0.333. The molecule has 2 bridgehead atoms. The van der Waals surface area contributed by atoms with E-state index in [-0.39, 0.29) is 17.6 Å². The molecule has 0 heterocycles. The van der Waals surface area contributed by atoms with E-state index in [1.54, 1.807) is 7.11 Å². The summed E-state index contributed by atoms with van der Waals surface area (Å²) in [7, 11) is 1.58. The van der Waals surface area contributed by atoms with Gasteiger partial charge in [0.1, 0.15) is 5.75 Å². The number of hydrogen-bond donors (Lipinski definition) is 1. The Kier molecular flexibility index (Phi) is 5.41. The minimum atomic E-state index is -0.987. The van der Waals surface area contributed by atoms with Gasteiger partial charge in [-0.2, -0.15) is 0 Å². The van der Waals surface area contributed by atoms with Gasteiger partial charge in [-0.15, -0.1) is 0 Å². The molecular weight excluding hydrogens is 460 g/mol. The third-order valence-corrected chi connectivity index (χ3v) is 9.65. The monoisotopic (exact) mass is 492 g/mol. The van der Waals surface area contributed by atoms with E-state index in [1.807, 2.05) is 30.3 Å². The minimum absolute atomic E-state index is 0.0676. The first-order valence-corrected chi connectivity index (χ1v) is 13.1. The van der Waals surface area contributed by atoms with Crippen LogP contribution >= 0.6 is 0 Å². The molecule has 4 nitrogen and oxygen atoms in total. The molecule has 188 valence electrons. The van der Waals surface area contributed by atoms with Gasteiger partial charge in [-0.05, 0) is 61.3 Å². The zero-order valence-corrected chi connectivity index (χ0v) is 21.4. The van der Waals surface area contributed by atoms with Crippen LogP contribution in [0.1, 0.15) is 59.4 Å². The number of carboxylic acids is 1. The Morgan fingerprint density at radius 3 is 2.43 bits per heavy atom. The minimum Gasteiger partial charge on any atom is -0.496 e. The number of ketones is 1. The number of carbonyl (C=O) groups excluding carboxylic acids is 1. The Morgan fingerprint density at radius 1 is 1.00 bits per heavy atom. The van der Waals surface area contributed by atoms with Crippen molar-refractivity contribution in [1.29, 1.82) is 0 Å². The molecule has 4 aliphatic carbocycles. The molecule has 5 atom stereocenters. The summed E-state index contributed by atoms with van der Waals surface area (Å²) in [6.07, 6.45) is 2.58. The van der Waals surface area contributed by atoms with Gasteiger partial charge in [0, 0.05) is 28.4 Å². The quantitative estimate of drug-likeness (QED) is 0.396. The van der Waals surface area contributed by atoms with Crippen LogP contribution in [-0.2, 0) is 15.0 Å². The first-order valence-electron chi connectivity index (χ1n) is 13.1. The molecule has 3 aromatic rings. The van der Waals surface area contributed by atoms with Gasteiger partial charge in [0.25, 0.3) is 0 Å². The first kappa shape index (κ1) is 23.7. The van der Waals surface area contributed by atoms with E-state index in [1.165, 1.54) is 11.1 Å². The fourth-order valence-electron chi connectivity index (χ4n) is 8.13. The van der Waals surface area contributed by atoms with Crippen molar-refractivity contribution in [3.63, 3.8) is 0 Å². The predicted octanol–water partition coefficient (Wildman–Crippen LogP) is 6.56. The SMILES string of the molecule is C=C(C(=O)C1CC2C3(c4ccc(C)cc4)CCC(c4ccccc43)C2(C(=O)O)C1)c1ccccc1OC. The number of allylic oxidation sites excluding steroid dienone is 1. The number of aryl methyl sites for hydroxylation is 1. The molecule has 3 aromatic carbocycles. The summed E-state index contributed by atoms with van der Waals surface area (Å²) in [5, 5.41) is 10.9. The number of aliphatic carboxylic acids is 1. The first-order chi connectivity index (χ1) is 17.8. The molecule has 0 amide bonds. The molecule has 7 rings (SSSR count). The topological polar surface area (TPSA) is 63.6 Å². The Bertz CT molecular complexity index is 1420. The Labute approximate surface area is 218 Å². The largest absolute Gasteiger partial charge is 0.496 e. The van der Waals surface area contributed by atoms with Crippen LogP contribution in [0.15, 0.2) is 79.4 Å². The molecule has 37 heavy (non-hydrogen) atoms. The molecule has 2 fully saturated rings. The number of para-hydroxylation sites is 1. The Morgan fingerprint density at radius 2 is 1.70 bits per heavy atom. The average molecular weight is 493 g/mol. The van der Waals surface area contributed by atoms with Gasteiger partial charge in [0.2, 0.25) is 0 Å². The van der Waals surface area contributed by atoms with Crippen molar-refractivity contribution in [1.82, 2.24) is 0 Å². The van der Waals surface area contributed by atoms with Gasteiger partial charge in [0.05, 0.1) is 12.5 Å². The van der Waals surface area contributed by atoms with Crippen LogP contribution in [0, 0.1) is 24.2 Å². The molecule has 1 N–H and O–H groups in total. The summed E-state index contributed by atoms with van der Waals surface area (Å²) in [6, 6.07) is 24.4. The normalized spacial score (nSPS) is 29.3. The highest BCUT2D eigenvalue weighted by molar-refractivity contribution is 6.22. The number of ether oxygens (including phenoxy) is 1. The van der Waals surface area contributed by atoms with Crippen LogP contribution in [0.3, 0.4) is 0 Å². The highest BCUT2D eigenvalue weighted by atomic mass is 16.5. The molecule has 0 spiro atoms. The van der Waals surface area contributed by atoms with Gasteiger partial charge in [-0.3, -0.25) is 9.59 Å².